The molecule has 0 aliphatic carbocycles. The summed E-state index contributed by atoms with van der Waals surface area (Å²) in [6, 6.07) is 12.7. The first-order chi connectivity index (χ1) is 9.54. The first kappa shape index (κ1) is 11.5. The van der Waals surface area contributed by atoms with Crippen molar-refractivity contribution in [2.24, 2.45) is 0 Å². The van der Waals surface area contributed by atoms with Crippen LogP contribution in [0, 0.1) is 0 Å². The van der Waals surface area contributed by atoms with Crippen LogP contribution in [0.15, 0.2) is 42.6 Å². The Morgan fingerprint density at radius 3 is 2.75 bits per heavy atom. The molecule has 100 valence electrons. The number of pyridine rings is 1. The molecule has 0 spiro atoms. The third-order valence-corrected chi connectivity index (χ3v) is 3.92. The van der Waals surface area contributed by atoms with Crippen LogP contribution in [-0.4, -0.2) is 14.4 Å². The van der Waals surface area contributed by atoms with E-state index in [2.05, 4.69) is 48.4 Å². The molecule has 20 heavy (non-hydrogen) atoms. The summed E-state index contributed by atoms with van der Waals surface area (Å²) in [5.41, 5.74) is 5.76. The number of benzene rings is 1. The highest BCUT2D eigenvalue weighted by Crippen LogP contribution is 2.30. The van der Waals surface area contributed by atoms with Crippen molar-refractivity contribution in [1.82, 2.24) is 14.4 Å². The number of hydrogen-bond donors (Lipinski definition) is 1. The summed E-state index contributed by atoms with van der Waals surface area (Å²) in [4.78, 5) is 8.24. The molecule has 0 aliphatic rings. The monoisotopic (exact) mass is 263 g/mol. The molecule has 0 atom stereocenters. The Balaban J connectivity index is 2.09. The van der Waals surface area contributed by atoms with Gasteiger partial charge in [-0.1, -0.05) is 39.0 Å². The molecule has 4 rings (SSSR count). The van der Waals surface area contributed by atoms with E-state index in [9.17, 15) is 0 Å². The number of aromatic amines is 1. The standard InChI is InChI=1S/C17H17N3/c1-17(2,3)11-7-8-12-13(10-11)18-16-15(12)19-14-6-4-5-9-20(14)16/h4-10,18H,1-3H3. The molecule has 0 fully saturated rings. The minimum Gasteiger partial charge on any atom is -0.339 e. The zero-order chi connectivity index (χ0) is 13.9. The molecule has 0 saturated heterocycles. The van der Waals surface area contributed by atoms with E-state index >= 15 is 0 Å². The number of nitrogens with one attached hydrogen (secondary N) is 1. The minimum atomic E-state index is 0.159. The summed E-state index contributed by atoms with van der Waals surface area (Å²) in [6.45, 7) is 6.71. The average molecular weight is 263 g/mol. The van der Waals surface area contributed by atoms with Crippen molar-refractivity contribution in [2.75, 3.05) is 0 Å². The molecule has 3 aromatic heterocycles. The maximum absolute atomic E-state index is 4.73. The normalized spacial score (nSPS) is 12.8. The van der Waals surface area contributed by atoms with E-state index in [1.807, 2.05) is 24.4 Å². The summed E-state index contributed by atoms with van der Waals surface area (Å²) in [5, 5.41) is 1.19. The third kappa shape index (κ3) is 1.49. The van der Waals surface area contributed by atoms with Gasteiger partial charge in [-0.25, -0.2) is 4.98 Å². The van der Waals surface area contributed by atoms with E-state index in [0.29, 0.717) is 0 Å². The highest BCUT2D eigenvalue weighted by atomic mass is 15.1. The summed E-state index contributed by atoms with van der Waals surface area (Å²) in [5.74, 6) is 0. The first-order valence-corrected chi connectivity index (χ1v) is 6.93. The van der Waals surface area contributed by atoms with Crippen molar-refractivity contribution in [3.05, 3.63) is 48.2 Å². The lowest BCUT2D eigenvalue weighted by molar-refractivity contribution is 0.591. The van der Waals surface area contributed by atoms with Gasteiger partial charge in [-0.05, 0) is 29.2 Å². The fourth-order valence-corrected chi connectivity index (χ4v) is 2.75. The van der Waals surface area contributed by atoms with Crippen LogP contribution in [0.5, 0.6) is 0 Å². The van der Waals surface area contributed by atoms with Crippen LogP contribution in [0.2, 0.25) is 0 Å². The number of aromatic nitrogens is 3. The highest BCUT2D eigenvalue weighted by molar-refractivity contribution is 6.05. The van der Waals surface area contributed by atoms with E-state index in [1.54, 1.807) is 0 Å². The van der Waals surface area contributed by atoms with Crippen molar-refractivity contribution in [3.63, 3.8) is 0 Å². The lowest BCUT2D eigenvalue weighted by Crippen LogP contribution is -2.10. The van der Waals surface area contributed by atoms with Gasteiger partial charge in [-0.3, -0.25) is 4.40 Å². The maximum atomic E-state index is 4.73. The second-order valence-corrected chi connectivity index (χ2v) is 6.37. The predicted molar refractivity (Wildman–Crippen MR) is 83.3 cm³/mol. The summed E-state index contributed by atoms with van der Waals surface area (Å²) in [6.07, 6.45) is 2.05. The van der Waals surface area contributed by atoms with Gasteiger partial charge in [-0.15, -0.1) is 0 Å². The van der Waals surface area contributed by atoms with E-state index in [1.165, 1.54) is 10.9 Å². The van der Waals surface area contributed by atoms with Gasteiger partial charge in [0.1, 0.15) is 16.8 Å². The van der Waals surface area contributed by atoms with Gasteiger partial charge >= 0.3 is 0 Å². The van der Waals surface area contributed by atoms with Crippen LogP contribution < -0.4 is 0 Å². The fraction of sp³-hybridized carbons (Fsp3) is 0.235. The number of fused-ring (bicyclic) bond motifs is 5. The van der Waals surface area contributed by atoms with Crippen molar-refractivity contribution in [3.8, 4) is 0 Å². The maximum Gasteiger partial charge on any atom is 0.143 e. The van der Waals surface area contributed by atoms with Crippen molar-refractivity contribution in [1.29, 1.82) is 0 Å². The molecule has 1 aromatic carbocycles. The second-order valence-electron chi connectivity index (χ2n) is 6.37. The smallest absolute Gasteiger partial charge is 0.143 e. The molecule has 1 N–H and O–H groups in total. The molecule has 0 amide bonds. The van der Waals surface area contributed by atoms with Crippen molar-refractivity contribution in [2.45, 2.75) is 26.2 Å². The minimum absolute atomic E-state index is 0.159. The number of hydrogen-bond acceptors (Lipinski definition) is 1. The zero-order valence-corrected chi connectivity index (χ0v) is 11.9. The molecule has 3 nitrogen and oxygen atoms in total. The Morgan fingerprint density at radius 2 is 1.95 bits per heavy atom. The van der Waals surface area contributed by atoms with Gasteiger partial charge in [0.15, 0.2) is 0 Å². The lowest BCUT2D eigenvalue weighted by atomic mass is 9.87. The lowest BCUT2D eigenvalue weighted by Gasteiger charge is -2.18. The average Bonchev–Trinajstić information content (AvgIpc) is 2.93. The largest absolute Gasteiger partial charge is 0.339 e. The fourth-order valence-electron chi connectivity index (χ4n) is 2.75. The molecule has 0 saturated carbocycles. The molecular formula is C17H17N3. The predicted octanol–water partition coefficient (Wildman–Crippen LogP) is 4.27. The van der Waals surface area contributed by atoms with Crippen LogP contribution >= 0.6 is 0 Å². The number of rotatable bonds is 0. The first-order valence-electron chi connectivity index (χ1n) is 6.93. The van der Waals surface area contributed by atoms with Gasteiger partial charge in [0, 0.05) is 17.1 Å². The molecule has 3 heteroatoms. The van der Waals surface area contributed by atoms with Crippen LogP contribution in [0.3, 0.4) is 0 Å². The van der Waals surface area contributed by atoms with Gasteiger partial charge in [0.05, 0.1) is 0 Å². The highest BCUT2D eigenvalue weighted by Gasteiger charge is 2.16. The molecule has 4 aromatic rings. The molecule has 3 heterocycles. The number of imidazole rings is 1. The van der Waals surface area contributed by atoms with Gasteiger partial charge in [-0.2, -0.15) is 0 Å². The van der Waals surface area contributed by atoms with Crippen molar-refractivity contribution >= 4 is 27.7 Å². The summed E-state index contributed by atoms with van der Waals surface area (Å²) in [7, 11) is 0. The molecule has 0 bridgehead atoms. The molecule has 0 unspecified atom stereocenters. The van der Waals surface area contributed by atoms with Gasteiger partial charge < -0.3 is 4.98 Å². The SMILES string of the molecule is CC(C)(C)c1ccc2c(c1)[nH]c1c2nc2ccccn21. The van der Waals surface area contributed by atoms with Gasteiger partial charge in [0.25, 0.3) is 0 Å². The van der Waals surface area contributed by atoms with Crippen LogP contribution in [0.4, 0.5) is 0 Å². The second kappa shape index (κ2) is 3.63. The van der Waals surface area contributed by atoms with E-state index in [0.717, 1.165) is 22.3 Å². The van der Waals surface area contributed by atoms with Gasteiger partial charge in [0.2, 0.25) is 0 Å². The Kier molecular flexibility index (Phi) is 2.09. The Morgan fingerprint density at radius 1 is 1.10 bits per heavy atom. The number of nitrogens with zero attached hydrogens (tertiary/aromatic N) is 2. The third-order valence-electron chi connectivity index (χ3n) is 3.92. The van der Waals surface area contributed by atoms with E-state index < -0.39 is 0 Å². The van der Waals surface area contributed by atoms with Crippen LogP contribution in [0.1, 0.15) is 26.3 Å². The molecular weight excluding hydrogens is 246 g/mol. The zero-order valence-electron chi connectivity index (χ0n) is 11.9. The molecule has 0 aliphatic heterocycles. The quantitative estimate of drug-likeness (QED) is 0.505. The van der Waals surface area contributed by atoms with E-state index in [4.69, 9.17) is 4.98 Å². The Labute approximate surface area is 117 Å². The summed E-state index contributed by atoms with van der Waals surface area (Å²) >= 11 is 0. The number of H-pyrrole nitrogens is 1. The Hall–Kier alpha value is -2.29. The summed E-state index contributed by atoms with van der Waals surface area (Å²) < 4.78 is 2.10. The Bertz CT molecular complexity index is 935. The molecule has 0 radical (unpaired) electrons. The van der Waals surface area contributed by atoms with Crippen LogP contribution in [-0.2, 0) is 5.41 Å². The van der Waals surface area contributed by atoms with Crippen molar-refractivity contribution < 1.29 is 0 Å². The van der Waals surface area contributed by atoms with E-state index in [-0.39, 0.29) is 5.41 Å². The topological polar surface area (TPSA) is 33.1 Å². The van der Waals surface area contributed by atoms with Crippen LogP contribution in [0.25, 0.3) is 27.7 Å².